The molecule has 1 amide bonds. The van der Waals surface area contributed by atoms with Crippen molar-refractivity contribution < 1.29 is 4.79 Å². The summed E-state index contributed by atoms with van der Waals surface area (Å²) in [6, 6.07) is 7.78. The predicted octanol–water partition coefficient (Wildman–Crippen LogP) is 2.23. The maximum atomic E-state index is 11.6. The van der Waals surface area contributed by atoms with Gasteiger partial charge in [0.05, 0.1) is 12.2 Å². The number of halogens is 1. The van der Waals surface area contributed by atoms with Crippen molar-refractivity contribution in [2.45, 2.75) is 12.8 Å². The molecule has 2 rings (SSSR count). The van der Waals surface area contributed by atoms with Crippen LogP contribution in [-0.4, -0.2) is 19.0 Å². The molecular weight excluding hydrogens is 315 g/mol. The zero-order chi connectivity index (χ0) is 11.4. The Hall–Kier alpha value is -0.620. The first-order valence-corrected chi connectivity index (χ1v) is 6.58. The van der Waals surface area contributed by atoms with E-state index >= 15 is 0 Å². The summed E-state index contributed by atoms with van der Waals surface area (Å²) in [5.74, 6) is 0.842. The third-order valence-electron chi connectivity index (χ3n) is 2.56. The van der Waals surface area contributed by atoms with Crippen molar-refractivity contribution >= 4 is 34.2 Å². The Morgan fingerprint density at radius 2 is 2.12 bits per heavy atom. The molecule has 0 atom stereocenters. The first kappa shape index (κ1) is 11.9. The van der Waals surface area contributed by atoms with Gasteiger partial charge in [-0.3, -0.25) is 4.79 Å². The van der Waals surface area contributed by atoms with Gasteiger partial charge in [0.25, 0.3) is 0 Å². The van der Waals surface area contributed by atoms with Gasteiger partial charge < -0.3 is 10.6 Å². The van der Waals surface area contributed by atoms with Crippen molar-refractivity contribution in [3.8, 4) is 0 Å². The highest BCUT2D eigenvalue weighted by atomic mass is 127. The van der Waals surface area contributed by atoms with Gasteiger partial charge >= 0.3 is 0 Å². The first-order valence-electron chi connectivity index (χ1n) is 5.51. The van der Waals surface area contributed by atoms with Gasteiger partial charge in [-0.05, 0) is 60.0 Å². The highest BCUT2D eigenvalue weighted by Crippen LogP contribution is 2.27. The second-order valence-corrected chi connectivity index (χ2v) is 5.26. The lowest BCUT2D eigenvalue weighted by Gasteiger charge is -2.07. The first-order chi connectivity index (χ1) is 7.75. The monoisotopic (exact) mass is 330 g/mol. The molecule has 0 radical (unpaired) electrons. The quantitative estimate of drug-likeness (QED) is 0.813. The molecule has 0 spiro atoms. The van der Waals surface area contributed by atoms with Crippen LogP contribution < -0.4 is 10.6 Å². The number of benzene rings is 1. The van der Waals surface area contributed by atoms with Gasteiger partial charge in [0, 0.05) is 3.57 Å². The van der Waals surface area contributed by atoms with Crippen molar-refractivity contribution in [3.63, 3.8) is 0 Å². The third-order valence-corrected chi connectivity index (χ3v) is 3.50. The second kappa shape index (κ2) is 5.63. The van der Waals surface area contributed by atoms with E-state index < -0.39 is 0 Å². The number of rotatable bonds is 5. The van der Waals surface area contributed by atoms with E-state index in [2.05, 4.69) is 33.2 Å². The Morgan fingerprint density at radius 1 is 1.38 bits per heavy atom. The molecule has 0 unspecified atom stereocenters. The van der Waals surface area contributed by atoms with Crippen LogP contribution in [0.4, 0.5) is 5.69 Å². The standard InChI is InChI=1S/C12H15IN2O/c13-10-3-1-2-4-11(10)15-12(16)8-14-7-9-5-6-9/h1-4,9,14H,5-8H2,(H,15,16). The van der Waals surface area contributed by atoms with E-state index in [-0.39, 0.29) is 5.91 Å². The Labute approximate surface area is 109 Å². The van der Waals surface area contributed by atoms with E-state index in [0.717, 1.165) is 21.7 Å². The molecular formula is C12H15IN2O. The van der Waals surface area contributed by atoms with E-state index in [1.165, 1.54) is 12.8 Å². The minimum absolute atomic E-state index is 0.0322. The van der Waals surface area contributed by atoms with Crippen LogP contribution in [0, 0.1) is 9.49 Å². The van der Waals surface area contributed by atoms with Gasteiger partial charge in [-0.2, -0.15) is 0 Å². The molecule has 0 aliphatic heterocycles. The summed E-state index contributed by atoms with van der Waals surface area (Å²) in [4.78, 5) is 11.6. The maximum absolute atomic E-state index is 11.6. The maximum Gasteiger partial charge on any atom is 0.238 e. The Bertz CT molecular complexity index is 377. The summed E-state index contributed by atoms with van der Waals surface area (Å²) in [6.45, 7) is 1.38. The van der Waals surface area contributed by atoms with Crippen LogP contribution in [0.3, 0.4) is 0 Å². The number of anilines is 1. The number of hydrogen-bond donors (Lipinski definition) is 2. The van der Waals surface area contributed by atoms with E-state index in [4.69, 9.17) is 0 Å². The number of para-hydroxylation sites is 1. The molecule has 1 aromatic carbocycles. The Morgan fingerprint density at radius 3 is 2.81 bits per heavy atom. The van der Waals surface area contributed by atoms with Crippen LogP contribution in [0.25, 0.3) is 0 Å². The second-order valence-electron chi connectivity index (χ2n) is 4.10. The highest BCUT2D eigenvalue weighted by Gasteiger charge is 2.20. The number of nitrogens with one attached hydrogen (secondary N) is 2. The molecule has 4 heteroatoms. The van der Waals surface area contributed by atoms with Crippen molar-refractivity contribution in [2.75, 3.05) is 18.4 Å². The average Bonchev–Trinajstić information content (AvgIpc) is 3.05. The summed E-state index contributed by atoms with van der Waals surface area (Å²) in [6.07, 6.45) is 2.62. The normalized spacial score (nSPS) is 14.8. The largest absolute Gasteiger partial charge is 0.324 e. The molecule has 1 aromatic rings. The predicted molar refractivity (Wildman–Crippen MR) is 73.4 cm³/mol. The molecule has 16 heavy (non-hydrogen) atoms. The van der Waals surface area contributed by atoms with E-state index in [1.54, 1.807) is 0 Å². The molecule has 1 saturated carbocycles. The number of hydrogen-bond acceptors (Lipinski definition) is 2. The molecule has 0 aromatic heterocycles. The molecule has 0 bridgehead atoms. The van der Waals surface area contributed by atoms with Crippen molar-refractivity contribution in [3.05, 3.63) is 27.8 Å². The van der Waals surface area contributed by atoms with Gasteiger partial charge in [-0.25, -0.2) is 0 Å². The molecule has 3 nitrogen and oxygen atoms in total. The number of amides is 1. The zero-order valence-corrected chi connectivity index (χ0v) is 11.2. The van der Waals surface area contributed by atoms with Crippen LogP contribution in [0.1, 0.15) is 12.8 Å². The van der Waals surface area contributed by atoms with E-state index in [1.807, 2.05) is 24.3 Å². The topological polar surface area (TPSA) is 41.1 Å². The number of carbonyl (C=O) groups excluding carboxylic acids is 1. The average molecular weight is 330 g/mol. The molecule has 2 N–H and O–H groups in total. The smallest absolute Gasteiger partial charge is 0.238 e. The molecule has 86 valence electrons. The molecule has 1 fully saturated rings. The summed E-state index contributed by atoms with van der Waals surface area (Å²) < 4.78 is 1.07. The highest BCUT2D eigenvalue weighted by molar-refractivity contribution is 14.1. The fraction of sp³-hybridized carbons (Fsp3) is 0.417. The third kappa shape index (κ3) is 3.75. The minimum Gasteiger partial charge on any atom is -0.324 e. The van der Waals surface area contributed by atoms with Crippen LogP contribution in [0.2, 0.25) is 0 Å². The van der Waals surface area contributed by atoms with E-state index in [9.17, 15) is 4.79 Å². The Kier molecular flexibility index (Phi) is 4.17. The van der Waals surface area contributed by atoms with Crippen molar-refractivity contribution in [2.24, 2.45) is 5.92 Å². The van der Waals surface area contributed by atoms with Gasteiger partial charge in [-0.15, -0.1) is 0 Å². The summed E-state index contributed by atoms with van der Waals surface area (Å²) in [7, 11) is 0. The van der Waals surface area contributed by atoms with E-state index in [0.29, 0.717) is 6.54 Å². The summed E-state index contributed by atoms with van der Waals surface area (Å²) in [5.41, 5.74) is 0.890. The molecule has 0 saturated heterocycles. The van der Waals surface area contributed by atoms with Crippen LogP contribution in [0.5, 0.6) is 0 Å². The lowest BCUT2D eigenvalue weighted by Crippen LogP contribution is -2.29. The van der Waals surface area contributed by atoms with Crippen molar-refractivity contribution in [1.82, 2.24) is 5.32 Å². The fourth-order valence-electron chi connectivity index (χ4n) is 1.47. The van der Waals surface area contributed by atoms with Gasteiger partial charge in [0.1, 0.15) is 0 Å². The molecule has 0 heterocycles. The SMILES string of the molecule is O=C(CNCC1CC1)Nc1ccccc1I. The number of carbonyl (C=O) groups is 1. The lowest BCUT2D eigenvalue weighted by atomic mass is 10.3. The van der Waals surface area contributed by atoms with Crippen LogP contribution >= 0.6 is 22.6 Å². The summed E-state index contributed by atoms with van der Waals surface area (Å²) >= 11 is 2.22. The molecule has 1 aliphatic rings. The van der Waals surface area contributed by atoms with Gasteiger partial charge in [-0.1, -0.05) is 12.1 Å². The lowest BCUT2D eigenvalue weighted by molar-refractivity contribution is -0.115. The minimum atomic E-state index is 0.0322. The van der Waals surface area contributed by atoms with Gasteiger partial charge in [0.15, 0.2) is 0 Å². The van der Waals surface area contributed by atoms with Crippen LogP contribution in [0.15, 0.2) is 24.3 Å². The van der Waals surface area contributed by atoms with Crippen molar-refractivity contribution in [1.29, 1.82) is 0 Å². The summed E-state index contributed by atoms with van der Waals surface area (Å²) in [5, 5.41) is 6.07. The van der Waals surface area contributed by atoms with Crippen LogP contribution in [-0.2, 0) is 4.79 Å². The zero-order valence-electron chi connectivity index (χ0n) is 9.00. The van der Waals surface area contributed by atoms with Gasteiger partial charge in [0.2, 0.25) is 5.91 Å². The fourth-order valence-corrected chi connectivity index (χ4v) is 1.99. The Balaban J connectivity index is 1.75. The molecule has 1 aliphatic carbocycles.